The zero-order valence-electron chi connectivity index (χ0n) is 9.61. The predicted octanol–water partition coefficient (Wildman–Crippen LogP) is 3.64. The van der Waals surface area contributed by atoms with Crippen LogP contribution < -0.4 is 0 Å². The van der Waals surface area contributed by atoms with E-state index in [-0.39, 0.29) is 5.92 Å². The number of benzene rings is 1. The summed E-state index contributed by atoms with van der Waals surface area (Å²) in [5, 5.41) is 0. The van der Waals surface area contributed by atoms with Crippen LogP contribution >= 0.6 is 0 Å². The van der Waals surface area contributed by atoms with Gasteiger partial charge in [0.2, 0.25) is 0 Å². The van der Waals surface area contributed by atoms with Gasteiger partial charge in [-0.05, 0) is 30.4 Å². The van der Waals surface area contributed by atoms with E-state index in [4.69, 9.17) is 0 Å². The average Bonchev–Trinajstić information content (AvgIpc) is 2.61. The summed E-state index contributed by atoms with van der Waals surface area (Å²) in [7, 11) is 0. The molecule has 1 unspecified atom stereocenters. The van der Waals surface area contributed by atoms with Crippen molar-refractivity contribution in [1.82, 2.24) is 0 Å². The molecule has 0 radical (unpaired) electrons. The summed E-state index contributed by atoms with van der Waals surface area (Å²) in [6.07, 6.45) is 6.92. The Labute approximate surface area is 97.2 Å². The van der Waals surface area contributed by atoms with E-state index < -0.39 is 0 Å². The van der Waals surface area contributed by atoms with Gasteiger partial charge < -0.3 is 0 Å². The maximum absolute atomic E-state index is 11.9. The van der Waals surface area contributed by atoms with Crippen LogP contribution in [0.15, 0.2) is 36.9 Å². The van der Waals surface area contributed by atoms with Gasteiger partial charge in [-0.2, -0.15) is 0 Å². The molecule has 0 N–H and O–H groups in total. The second kappa shape index (κ2) is 5.11. The summed E-state index contributed by atoms with van der Waals surface area (Å²) in [4.78, 5) is 11.9. The van der Waals surface area contributed by atoms with Gasteiger partial charge in [0.25, 0.3) is 0 Å². The van der Waals surface area contributed by atoms with Crippen molar-refractivity contribution in [3.8, 4) is 0 Å². The summed E-state index contributed by atoms with van der Waals surface area (Å²) < 4.78 is 0. The third-order valence-electron chi connectivity index (χ3n) is 3.33. The fourth-order valence-electron chi connectivity index (χ4n) is 2.47. The first-order valence-corrected chi connectivity index (χ1v) is 6.04. The molecule has 0 saturated carbocycles. The molecule has 2 rings (SSSR count). The molecule has 1 aromatic rings. The van der Waals surface area contributed by atoms with E-state index in [1.165, 1.54) is 11.1 Å². The van der Waals surface area contributed by atoms with Crippen molar-refractivity contribution in [3.63, 3.8) is 0 Å². The van der Waals surface area contributed by atoms with E-state index in [2.05, 4.69) is 18.7 Å². The fourth-order valence-corrected chi connectivity index (χ4v) is 2.47. The Morgan fingerprint density at radius 2 is 2.12 bits per heavy atom. The molecule has 0 aromatic heterocycles. The molecular weight excluding hydrogens is 196 g/mol. The van der Waals surface area contributed by atoms with Crippen molar-refractivity contribution in [1.29, 1.82) is 0 Å². The Hall–Kier alpha value is -1.37. The number of fused-ring (bicyclic) bond motifs is 1. The number of unbranched alkanes of at least 4 members (excludes halogenated alkanes) is 2. The molecule has 1 nitrogen and oxygen atoms in total. The molecular formula is C15H18O. The number of carbonyl (C=O) groups excluding carboxylic acids is 1. The zero-order chi connectivity index (χ0) is 11.4. The van der Waals surface area contributed by atoms with Gasteiger partial charge in [-0.1, -0.05) is 36.8 Å². The second-order valence-corrected chi connectivity index (χ2v) is 4.47. The molecule has 0 bridgehead atoms. The maximum Gasteiger partial charge on any atom is 0.144 e. The molecule has 1 aromatic carbocycles. The molecule has 16 heavy (non-hydrogen) atoms. The van der Waals surface area contributed by atoms with Crippen LogP contribution in [-0.2, 0) is 11.2 Å². The van der Waals surface area contributed by atoms with Crippen LogP contribution in [0.2, 0.25) is 0 Å². The quantitative estimate of drug-likeness (QED) is 0.540. The van der Waals surface area contributed by atoms with Gasteiger partial charge in [-0.25, -0.2) is 0 Å². The molecule has 84 valence electrons. The van der Waals surface area contributed by atoms with Gasteiger partial charge in [-0.15, -0.1) is 6.58 Å². The van der Waals surface area contributed by atoms with Crippen LogP contribution in [0.4, 0.5) is 0 Å². The fraction of sp³-hybridized carbons (Fsp3) is 0.400. The Bertz CT molecular complexity index is 392. The first kappa shape index (κ1) is 11.1. The minimum Gasteiger partial charge on any atom is -0.299 e. The Kier molecular flexibility index (Phi) is 3.55. The van der Waals surface area contributed by atoms with Gasteiger partial charge in [-0.3, -0.25) is 4.79 Å². The monoisotopic (exact) mass is 214 g/mol. The van der Waals surface area contributed by atoms with E-state index in [1.54, 1.807) is 0 Å². The van der Waals surface area contributed by atoms with Gasteiger partial charge in [0.15, 0.2) is 0 Å². The van der Waals surface area contributed by atoms with Crippen LogP contribution in [0.5, 0.6) is 0 Å². The lowest BCUT2D eigenvalue weighted by molar-refractivity contribution is -0.119. The van der Waals surface area contributed by atoms with Gasteiger partial charge in [0.1, 0.15) is 5.78 Å². The van der Waals surface area contributed by atoms with Crippen molar-refractivity contribution < 1.29 is 4.79 Å². The molecule has 0 amide bonds. The molecule has 1 atom stereocenters. The summed E-state index contributed by atoms with van der Waals surface area (Å²) in [5.74, 6) is 0.570. The SMILES string of the molecule is C=CCCCCC1C(=O)Cc2ccccc21. The molecule has 1 aliphatic rings. The molecule has 0 spiro atoms. The summed E-state index contributed by atoms with van der Waals surface area (Å²) >= 11 is 0. The second-order valence-electron chi connectivity index (χ2n) is 4.47. The number of hydrogen-bond acceptors (Lipinski definition) is 1. The standard InChI is InChI=1S/C15H18O/c1-2-3-4-5-10-14-13-9-7-6-8-12(13)11-15(14)16/h2,6-9,14H,1,3-5,10-11H2. The molecule has 0 aliphatic heterocycles. The molecule has 1 aliphatic carbocycles. The van der Waals surface area contributed by atoms with Crippen LogP contribution in [0.25, 0.3) is 0 Å². The van der Waals surface area contributed by atoms with E-state index >= 15 is 0 Å². The summed E-state index contributed by atoms with van der Waals surface area (Å²) in [5.41, 5.74) is 2.51. The minimum absolute atomic E-state index is 0.168. The summed E-state index contributed by atoms with van der Waals surface area (Å²) in [6, 6.07) is 8.25. The molecule has 0 saturated heterocycles. The lowest BCUT2D eigenvalue weighted by Crippen LogP contribution is -2.05. The largest absolute Gasteiger partial charge is 0.299 e. The van der Waals surface area contributed by atoms with Gasteiger partial charge >= 0.3 is 0 Å². The number of allylic oxidation sites excluding steroid dienone is 1. The van der Waals surface area contributed by atoms with Crippen LogP contribution in [0.1, 0.15) is 42.7 Å². The molecule has 0 fully saturated rings. The van der Waals surface area contributed by atoms with Gasteiger partial charge in [0.05, 0.1) is 0 Å². The van der Waals surface area contributed by atoms with Crippen molar-refractivity contribution in [2.24, 2.45) is 0 Å². The number of hydrogen-bond donors (Lipinski definition) is 0. The highest BCUT2D eigenvalue weighted by atomic mass is 16.1. The van der Waals surface area contributed by atoms with E-state index in [1.807, 2.05) is 18.2 Å². The highest BCUT2D eigenvalue weighted by Gasteiger charge is 2.29. The third kappa shape index (κ3) is 2.24. The minimum atomic E-state index is 0.168. The van der Waals surface area contributed by atoms with Crippen LogP contribution in [-0.4, -0.2) is 5.78 Å². The molecule has 1 heteroatoms. The number of ketones is 1. The first-order valence-electron chi connectivity index (χ1n) is 6.04. The van der Waals surface area contributed by atoms with E-state index in [0.29, 0.717) is 12.2 Å². The van der Waals surface area contributed by atoms with Crippen LogP contribution in [0.3, 0.4) is 0 Å². The van der Waals surface area contributed by atoms with Crippen LogP contribution in [0, 0.1) is 0 Å². The van der Waals surface area contributed by atoms with E-state index in [0.717, 1.165) is 25.7 Å². The van der Waals surface area contributed by atoms with Crippen molar-refractivity contribution in [2.75, 3.05) is 0 Å². The normalized spacial score (nSPS) is 18.5. The third-order valence-corrected chi connectivity index (χ3v) is 3.33. The Morgan fingerprint density at radius 3 is 2.94 bits per heavy atom. The number of rotatable bonds is 5. The zero-order valence-corrected chi connectivity index (χ0v) is 9.61. The highest BCUT2D eigenvalue weighted by molar-refractivity contribution is 5.92. The predicted molar refractivity (Wildman–Crippen MR) is 66.6 cm³/mol. The summed E-state index contributed by atoms with van der Waals surface area (Å²) in [6.45, 7) is 3.71. The van der Waals surface area contributed by atoms with E-state index in [9.17, 15) is 4.79 Å². The topological polar surface area (TPSA) is 17.1 Å². The Balaban J connectivity index is 1.99. The van der Waals surface area contributed by atoms with Crippen molar-refractivity contribution >= 4 is 5.78 Å². The van der Waals surface area contributed by atoms with Gasteiger partial charge in [0, 0.05) is 12.3 Å². The molecule has 0 heterocycles. The lowest BCUT2D eigenvalue weighted by atomic mass is 9.94. The average molecular weight is 214 g/mol. The van der Waals surface area contributed by atoms with Crippen molar-refractivity contribution in [2.45, 2.75) is 38.0 Å². The number of Topliss-reactive ketones (excluding diaryl/α,β-unsaturated/α-hetero) is 1. The number of carbonyl (C=O) groups is 1. The lowest BCUT2D eigenvalue weighted by Gasteiger charge is -2.09. The Morgan fingerprint density at radius 1 is 1.31 bits per heavy atom. The highest BCUT2D eigenvalue weighted by Crippen LogP contribution is 2.33. The maximum atomic E-state index is 11.9. The van der Waals surface area contributed by atoms with Crippen molar-refractivity contribution in [3.05, 3.63) is 48.0 Å². The first-order chi connectivity index (χ1) is 7.83. The smallest absolute Gasteiger partial charge is 0.144 e.